The van der Waals surface area contributed by atoms with Gasteiger partial charge in [-0.3, -0.25) is 0 Å². The molecule has 0 radical (unpaired) electrons. The second-order valence-electron chi connectivity index (χ2n) is 2.91. The molecule has 0 fully saturated rings. The van der Waals surface area contributed by atoms with Gasteiger partial charge in [0.15, 0.2) is 0 Å². The minimum Gasteiger partial charge on any atom is -0.382 e. The average molecular weight is 191 g/mol. The molecule has 1 heterocycles. The monoisotopic (exact) mass is 191 g/mol. The molecule has 74 valence electrons. The Morgan fingerprint density at radius 1 is 1.64 bits per heavy atom. The zero-order valence-electron chi connectivity index (χ0n) is 8.13. The number of nitrogen functional groups attached to an aromatic ring is 1. The zero-order chi connectivity index (χ0) is 10.4. The van der Waals surface area contributed by atoms with Crippen molar-refractivity contribution in [1.29, 1.82) is 0 Å². The van der Waals surface area contributed by atoms with E-state index in [0.29, 0.717) is 5.56 Å². The van der Waals surface area contributed by atoms with Crippen molar-refractivity contribution < 1.29 is 0 Å². The molecular weight excluding hydrogens is 178 g/mol. The van der Waals surface area contributed by atoms with Crippen LogP contribution in [-0.2, 0) is 0 Å². The van der Waals surface area contributed by atoms with E-state index in [1.165, 1.54) is 6.20 Å². The van der Waals surface area contributed by atoms with Gasteiger partial charge in [0.2, 0.25) is 0 Å². The maximum atomic E-state index is 10.7. The summed E-state index contributed by atoms with van der Waals surface area (Å²) in [6.07, 6.45) is 4.52. The fraction of sp³-hybridized carbons (Fsp3) is 0.400. The van der Waals surface area contributed by atoms with Gasteiger partial charge >= 0.3 is 5.69 Å². The first-order chi connectivity index (χ1) is 6.74. The van der Waals surface area contributed by atoms with Crippen LogP contribution in [0.1, 0.15) is 31.7 Å². The van der Waals surface area contributed by atoms with Gasteiger partial charge in [-0.25, -0.2) is 4.79 Å². The molecule has 4 nitrogen and oxygen atoms in total. The van der Waals surface area contributed by atoms with E-state index in [1.807, 2.05) is 0 Å². The molecular formula is C10H13N3O. The number of hydrogen-bond acceptors (Lipinski definition) is 3. The maximum absolute atomic E-state index is 10.7. The van der Waals surface area contributed by atoms with Gasteiger partial charge < -0.3 is 10.7 Å². The Morgan fingerprint density at radius 2 is 2.43 bits per heavy atom. The first kappa shape index (κ1) is 10.3. The Bertz CT molecular complexity index is 411. The van der Waals surface area contributed by atoms with Crippen LogP contribution in [0.2, 0.25) is 0 Å². The highest BCUT2D eigenvalue weighted by Crippen LogP contribution is 2.00. The molecule has 0 saturated heterocycles. The van der Waals surface area contributed by atoms with E-state index in [4.69, 9.17) is 5.73 Å². The summed E-state index contributed by atoms with van der Waals surface area (Å²) < 4.78 is 0. The first-order valence-electron chi connectivity index (χ1n) is 4.58. The molecule has 0 atom stereocenters. The number of nitrogens with one attached hydrogen (secondary N) is 1. The molecule has 0 aliphatic rings. The van der Waals surface area contributed by atoms with E-state index in [1.54, 1.807) is 0 Å². The number of hydrogen-bond donors (Lipinski definition) is 2. The average Bonchev–Trinajstić information content (AvgIpc) is 2.15. The van der Waals surface area contributed by atoms with E-state index < -0.39 is 5.69 Å². The number of rotatable bonds is 2. The Labute approximate surface area is 82.6 Å². The second kappa shape index (κ2) is 5.07. The molecule has 0 aliphatic heterocycles. The van der Waals surface area contributed by atoms with Gasteiger partial charge in [-0.1, -0.05) is 25.2 Å². The molecule has 0 saturated carbocycles. The van der Waals surface area contributed by atoms with E-state index >= 15 is 0 Å². The normalized spacial score (nSPS) is 9.21. The molecule has 4 heteroatoms. The van der Waals surface area contributed by atoms with Gasteiger partial charge in [-0.05, 0) is 6.42 Å². The maximum Gasteiger partial charge on any atom is 0.346 e. The fourth-order valence-electron chi connectivity index (χ4n) is 0.933. The summed E-state index contributed by atoms with van der Waals surface area (Å²) in [5.41, 5.74) is 5.64. The highest BCUT2D eigenvalue weighted by atomic mass is 16.1. The van der Waals surface area contributed by atoms with Crippen molar-refractivity contribution in [3.8, 4) is 11.8 Å². The quantitative estimate of drug-likeness (QED) is 0.538. The van der Waals surface area contributed by atoms with Crippen LogP contribution in [0, 0.1) is 11.8 Å². The smallest absolute Gasteiger partial charge is 0.346 e. The summed E-state index contributed by atoms with van der Waals surface area (Å²) in [5, 5.41) is 0. The van der Waals surface area contributed by atoms with Gasteiger partial charge in [0, 0.05) is 12.6 Å². The third-order valence-corrected chi connectivity index (χ3v) is 1.72. The van der Waals surface area contributed by atoms with E-state index in [2.05, 4.69) is 28.7 Å². The Morgan fingerprint density at radius 3 is 3.07 bits per heavy atom. The highest BCUT2D eigenvalue weighted by molar-refractivity contribution is 5.48. The van der Waals surface area contributed by atoms with E-state index in [0.717, 1.165) is 19.3 Å². The highest BCUT2D eigenvalue weighted by Gasteiger charge is 1.95. The first-order valence-corrected chi connectivity index (χ1v) is 4.58. The molecule has 14 heavy (non-hydrogen) atoms. The van der Waals surface area contributed by atoms with Gasteiger partial charge in [0.25, 0.3) is 0 Å². The third-order valence-electron chi connectivity index (χ3n) is 1.72. The van der Waals surface area contributed by atoms with E-state index in [9.17, 15) is 4.79 Å². The van der Waals surface area contributed by atoms with Crippen LogP contribution in [0.4, 0.5) is 5.82 Å². The molecule has 1 rings (SSSR count). The van der Waals surface area contributed by atoms with Crippen molar-refractivity contribution in [3.63, 3.8) is 0 Å². The summed E-state index contributed by atoms with van der Waals surface area (Å²) >= 11 is 0. The second-order valence-corrected chi connectivity index (χ2v) is 2.91. The molecule has 0 aliphatic carbocycles. The van der Waals surface area contributed by atoms with Crippen molar-refractivity contribution in [1.82, 2.24) is 9.97 Å². The lowest BCUT2D eigenvalue weighted by atomic mass is 10.2. The summed E-state index contributed by atoms with van der Waals surface area (Å²) in [6, 6.07) is 0. The number of aromatic nitrogens is 2. The van der Waals surface area contributed by atoms with Crippen LogP contribution in [-0.4, -0.2) is 9.97 Å². The summed E-state index contributed by atoms with van der Waals surface area (Å²) in [7, 11) is 0. The molecule has 1 aromatic heterocycles. The zero-order valence-corrected chi connectivity index (χ0v) is 8.13. The Kier molecular flexibility index (Phi) is 3.74. The predicted molar refractivity (Wildman–Crippen MR) is 55.7 cm³/mol. The third kappa shape index (κ3) is 2.94. The van der Waals surface area contributed by atoms with Crippen LogP contribution < -0.4 is 11.4 Å². The summed E-state index contributed by atoms with van der Waals surface area (Å²) in [5.74, 6) is 6.03. The van der Waals surface area contributed by atoms with Crippen molar-refractivity contribution in [2.24, 2.45) is 0 Å². The predicted octanol–water partition coefficient (Wildman–Crippen LogP) is 0.894. The number of nitrogens with two attached hydrogens (primary N) is 1. The Hall–Kier alpha value is -1.76. The van der Waals surface area contributed by atoms with Crippen molar-refractivity contribution in [2.45, 2.75) is 26.2 Å². The van der Waals surface area contributed by atoms with Crippen LogP contribution >= 0.6 is 0 Å². The minimum absolute atomic E-state index is 0.192. The summed E-state index contributed by atoms with van der Waals surface area (Å²) in [4.78, 5) is 16.7. The lowest BCUT2D eigenvalue weighted by molar-refractivity contribution is 0.828. The lowest BCUT2D eigenvalue weighted by Gasteiger charge is -1.93. The van der Waals surface area contributed by atoms with Crippen LogP contribution in [0.3, 0.4) is 0 Å². The standard InChI is InChI=1S/C10H13N3O/c1-2-3-4-5-6-8-7-12-10(14)13-9(8)11/h7H,2-4H2,1H3,(H3,11,12,13,14). The van der Waals surface area contributed by atoms with Crippen LogP contribution in [0.25, 0.3) is 0 Å². The molecule has 3 N–H and O–H groups in total. The molecule has 0 unspecified atom stereocenters. The number of aromatic amines is 1. The van der Waals surface area contributed by atoms with Crippen LogP contribution in [0.5, 0.6) is 0 Å². The van der Waals surface area contributed by atoms with Crippen LogP contribution in [0.15, 0.2) is 11.0 Å². The van der Waals surface area contributed by atoms with E-state index in [-0.39, 0.29) is 5.82 Å². The van der Waals surface area contributed by atoms with Gasteiger partial charge in [-0.2, -0.15) is 4.98 Å². The number of unbranched alkanes of at least 4 members (excludes halogenated alkanes) is 2. The molecule has 0 aromatic carbocycles. The Balaban J connectivity index is 2.75. The van der Waals surface area contributed by atoms with Gasteiger partial charge in [0.05, 0.1) is 5.56 Å². The SMILES string of the molecule is CCCCC#Cc1c[nH]c(=O)nc1N. The molecule has 0 amide bonds. The van der Waals surface area contributed by atoms with Crippen molar-refractivity contribution >= 4 is 5.82 Å². The summed E-state index contributed by atoms with van der Waals surface area (Å²) in [6.45, 7) is 2.11. The number of H-pyrrole nitrogens is 1. The largest absolute Gasteiger partial charge is 0.382 e. The molecule has 0 spiro atoms. The van der Waals surface area contributed by atoms with Crippen molar-refractivity contribution in [3.05, 3.63) is 22.2 Å². The number of anilines is 1. The molecule has 1 aromatic rings. The lowest BCUT2D eigenvalue weighted by Crippen LogP contribution is -2.12. The van der Waals surface area contributed by atoms with Gasteiger partial charge in [-0.15, -0.1) is 0 Å². The fourth-order valence-corrected chi connectivity index (χ4v) is 0.933. The molecule has 0 bridgehead atoms. The number of nitrogens with zero attached hydrogens (tertiary/aromatic N) is 1. The van der Waals surface area contributed by atoms with Crippen molar-refractivity contribution in [2.75, 3.05) is 5.73 Å². The van der Waals surface area contributed by atoms with Gasteiger partial charge in [0.1, 0.15) is 5.82 Å². The topological polar surface area (TPSA) is 71.8 Å². The minimum atomic E-state index is -0.443.